The molecule has 3 rings (SSSR count). The largest absolute Gasteiger partial charge is 0.494 e. The molecule has 9 heteroatoms. The Labute approximate surface area is 201 Å². The second-order valence-electron chi connectivity index (χ2n) is 9.34. The van der Waals surface area contributed by atoms with Gasteiger partial charge in [-0.3, -0.25) is 19.8 Å². The van der Waals surface area contributed by atoms with Crippen molar-refractivity contribution >= 4 is 17.8 Å². The van der Waals surface area contributed by atoms with E-state index in [9.17, 15) is 14.0 Å². The zero-order valence-electron chi connectivity index (χ0n) is 20.2. The van der Waals surface area contributed by atoms with Crippen molar-refractivity contribution < 1.29 is 18.7 Å². The maximum Gasteiger partial charge on any atom is 0.245 e. The minimum atomic E-state index is -0.694. The van der Waals surface area contributed by atoms with Crippen LogP contribution in [0.1, 0.15) is 63.4 Å². The summed E-state index contributed by atoms with van der Waals surface area (Å²) in [6, 6.07) is 3.78. The molecule has 1 saturated carbocycles. The lowest BCUT2D eigenvalue weighted by atomic mass is 9.84. The van der Waals surface area contributed by atoms with Gasteiger partial charge in [0.15, 0.2) is 17.5 Å². The molecule has 1 atom stereocenters. The summed E-state index contributed by atoms with van der Waals surface area (Å²) in [7, 11) is 1.40. The molecule has 2 aliphatic rings. The minimum absolute atomic E-state index is 0.0265. The molecule has 1 aliphatic heterocycles. The van der Waals surface area contributed by atoms with Crippen LogP contribution < -0.4 is 21.1 Å². The predicted octanol–water partition coefficient (Wildman–Crippen LogP) is 2.71. The van der Waals surface area contributed by atoms with Crippen molar-refractivity contribution in [1.82, 2.24) is 15.5 Å². The number of hydrogen-bond donors (Lipinski definition) is 3. The molecule has 34 heavy (non-hydrogen) atoms. The molecule has 2 fully saturated rings. The SMILES string of the molecule is COc1cc(CNC(=O)[C@@H](CC2CCCCC2)N=C(N)NC(=O)CN2CCCCC2)ccc1F. The molecule has 1 heterocycles. The molecule has 0 spiro atoms. The molecule has 1 aliphatic carbocycles. The van der Waals surface area contributed by atoms with E-state index in [2.05, 4.69) is 20.5 Å². The summed E-state index contributed by atoms with van der Waals surface area (Å²) < 4.78 is 18.7. The van der Waals surface area contributed by atoms with E-state index in [1.54, 1.807) is 12.1 Å². The van der Waals surface area contributed by atoms with Gasteiger partial charge in [-0.1, -0.05) is 44.6 Å². The average molecular weight is 476 g/mol. The number of ether oxygens (including phenoxy) is 1. The number of methoxy groups -OCH3 is 1. The summed E-state index contributed by atoms with van der Waals surface area (Å²) in [5.41, 5.74) is 6.76. The number of amides is 2. The fourth-order valence-corrected chi connectivity index (χ4v) is 4.78. The second-order valence-corrected chi connectivity index (χ2v) is 9.34. The molecule has 1 aromatic rings. The zero-order chi connectivity index (χ0) is 24.3. The van der Waals surface area contributed by atoms with Gasteiger partial charge in [-0.15, -0.1) is 0 Å². The Hall–Kier alpha value is -2.68. The van der Waals surface area contributed by atoms with Crippen molar-refractivity contribution in [1.29, 1.82) is 0 Å². The number of nitrogens with two attached hydrogens (primary N) is 1. The van der Waals surface area contributed by atoms with E-state index in [1.807, 2.05) is 0 Å². The van der Waals surface area contributed by atoms with E-state index in [1.165, 1.54) is 26.0 Å². The zero-order valence-corrected chi connectivity index (χ0v) is 20.2. The number of nitrogens with zero attached hydrogens (tertiary/aromatic N) is 2. The highest BCUT2D eigenvalue weighted by molar-refractivity contribution is 5.98. The minimum Gasteiger partial charge on any atom is -0.494 e. The van der Waals surface area contributed by atoms with Crippen LogP contribution in [-0.2, 0) is 16.1 Å². The number of carbonyl (C=O) groups is 2. The number of hydrogen-bond acceptors (Lipinski definition) is 5. The van der Waals surface area contributed by atoms with Gasteiger partial charge in [0.25, 0.3) is 0 Å². The third-order valence-electron chi connectivity index (χ3n) is 6.64. The van der Waals surface area contributed by atoms with Crippen molar-refractivity contribution in [3.8, 4) is 5.75 Å². The van der Waals surface area contributed by atoms with Gasteiger partial charge in [-0.2, -0.15) is 0 Å². The molecule has 1 saturated heterocycles. The Morgan fingerprint density at radius 2 is 1.88 bits per heavy atom. The van der Waals surface area contributed by atoms with Crippen molar-refractivity contribution in [2.45, 2.75) is 70.4 Å². The number of carbonyl (C=O) groups excluding carboxylic acids is 2. The van der Waals surface area contributed by atoms with Gasteiger partial charge in [0.05, 0.1) is 13.7 Å². The van der Waals surface area contributed by atoms with Crippen LogP contribution in [0.2, 0.25) is 0 Å². The fraction of sp³-hybridized carbons (Fsp3) is 0.640. The lowest BCUT2D eigenvalue weighted by Gasteiger charge is -2.26. The Kier molecular flexibility index (Phi) is 10.1. The normalized spacial score (nSPS) is 18.8. The number of aliphatic imine (C=N–C) groups is 1. The topological polar surface area (TPSA) is 109 Å². The summed E-state index contributed by atoms with van der Waals surface area (Å²) in [5.74, 6) is -0.424. The van der Waals surface area contributed by atoms with Gasteiger partial charge in [0, 0.05) is 6.54 Å². The lowest BCUT2D eigenvalue weighted by Crippen LogP contribution is -2.46. The molecule has 4 N–H and O–H groups in total. The quantitative estimate of drug-likeness (QED) is 0.376. The summed E-state index contributed by atoms with van der Waals surface area (Å²) in [6.07, 6.45) is 9.63. The highest BCUT2D eigenvalue weighted by atomic mass is 19.1. The molecule has 188 valence electrons. The van der Waals surface area contributed by atoms with Gasteiger partial charge in [0.1, 0.15) is 6.04 Å². The molecular formula is C25H38FN5O3. The van der Waals surface area contributed by atoms with E-state index < -0.39 is 11.9 Å². The Morgan fingerprint density at radius 1 is 1.18 bits per heavy atom. The molecule has 8 nitrogen and oxygen atoms in total. The van der Waals surface area contributed by atoms with Crippen molar-refractivity contribution in [3.05, 3.63) is 29.6 Å². The highest BCUT2D eigenvalue weighted by Crippen LogP contribution is 2.28. The van der Waals surface area contributed by atoms with Crippen molar-refractivity contribution in [3.63, 3.8) is 0 Å². The predicted molar refractivity (Wildman–Crippen MR) is 130 cm³/mol. The first-order chi connectivity index (χ1) is 16.4. The van der Waals surface area contributed by atoms with Crippen LogP contribution in [-0.4, -0.2) is 55.5 Å². The summed E-state index contributed by atoms with van der Waals surface area (Å²) in [6.45, 7) is 2.31. The van der Waals surface area contributed by atoms with Crippen LogP contribution >= 0.6 is 0 Å². The first-order valence-corrected chi connectivity index (χ1v) is 12.4. The smallest absolute Gasteiger partial charge is 0.245 e. The molecule has 2 amide bonds. The van der Waals surface area contributed by atoms with Gasteiger partial charge >= 0.3 is 0 Å². The van der Waals surface area contributed by atoms with E-state index in [-0.39, 0.29) is 36.6 Å². The summed E-state index contributed by atoms with van der Waals surface area (Å²) in [4.78, 5) is 32.0. The van der Waals surface area contributed by atoms with E-state index >= 15 is 0 Å². The molecule has 1 aromatic carbocycles. The monoisotopic (exact) mass is 475 g/mol. The number of guanidine groups is 1. The first-order valence-electron chi connectivity index (χ1n) is 12.4. The molecule has 0 bridgehead atoms. The van der Waals surface area contributed by atoms with Gasteiger partial charge in [-0.05, 0) is 56.0 Å². The Balaban J connectivity index is 1.61. The number of rotatable bonds is 9. The highest BCUT2D eigenvalue weighted by Gasteiger charge is 2.25. The molecule has 0 aromatic heterocycles. The fourth-order valence-electron chi connectivity index (χ4n) is 4.78. The third kappa shape index (κ3) is 8.27. The lowest BCUT2D eigenvalue weighted by molar-refractivity contribution is -0.123. The van der Waals surface area contributed by atoms with Crippen LogP contribution in [0.25, 0.3) is 0 Å². The second kappa shape index (κ2) is 13.3. The molecule has 0 radical (unpaired) electrons. The van der Waals surface area contributed by atoms with Crippen molar-refractivity contribution in [2.75, 3.05) is 26.7 Å². The van der Waals surface area contributed by atoms with Crippen LogP contribution in [0.3, 0.4) is 0 Å². The number of nitrogens with one attached hydrogen (secondary N) is 2. The Morgan fingerprint density at radius 3 is 2.59 bits per heavy atom. The first kappa shape index (κ1) is 25.9. The summed E-state index contributed by atoms with van der Waals surface area (Å²) in [5, 5.41) is 5.54. The van der Waals surface area contributed by atoms with E-state index in [4.69, 9.17) is 10.5 Å². The molecule has 0 unspecified atom stereocenters. The number of benzene rings is 1. The van der Waals surface area contributed by atoms with E-state index in [0.29, 0.717) is 12.3 Å². The van der Waals surface area contributed by atoms with Crippen LogP contribution in [0.4, 0.5) is 4.39 Å². The van der Waals surface area contributed by atoms with Gasteiger partial charge in [0.2, 0.25) is 11.8 Å². The average Bonchev–Trinajstić information content (AvgIpc) is 2.84. The maximum absolute atomic E-state index is 13.7. The Bertz CT molecular complexity index is 851. The number of likely N-dealkylation sites (tertiary alicyclic amines) is 1. The van der Waals surface area contributed by atoms with Crippen LogP contribution in [0.5, 0.6) is 5.75 Å². The van der Waals surface area contributed by atoms with Gasteiger partial charge in [-0.25, -0.2) is 9.38 Å². The van der Waals surface area contributed by atoms with E-state index in [0.717, 1.165) is 57.2 Å². The third-order valence-corrected chi connectivity index (χ3v) is 6.64. The van der Waals surface area contributed by atoms with Crippen LogP contribution in [0.15, 0.2) is 23.2 Å². The van der Waals surface area contributed by atoms with Crippen LogP contribution in [0, 0.1) is 11.7 Å². The number of piperidine rings is 1. The molecular weight excluding hydrogens is 437 g/mol. The summed E-state index contributed by atoms with van der Waals surface area (Å²) >= 11 is 0. The standard InChI is InChI=1S/C25H38FN5O3/c1-34-22-15-19(10-11-20(22)26)16-28-24(33)21(14-18-8-4-2-5-9-18)29-25(27)30-23(32)17-31-12-6-3-7-13-31/h10-11,15,18,21H,2-9,12-14,16-17H2,1H3,(H,28,33)(H3,27,29,30,32)/t21-/m1/s1. The van der Waals surface area contributed by atoms with Gasteiger partial charge < -0.3 is 15.8 Å². The maximum atomic E-state index is 13.7. The number of halogens is 1. The van der Waals surface area contributed by atoms with Crippen molar-refractivity contribution in [2.24, 2.45) is 16.6 Å².